The lowest BCUT2D eigenvalue weighted by molar-refractivity contribution is 0.340. The molecule has 11 heavy (non-hydrogen) atoms. The first-order valence-electron chi connectivity index (χ1n) is 4.44. The zero-order chi connectivity index (χ0) is 8.27. The molecule has 0 aromatic heterocycles. The van der Waals surface area contributed by atoms with E-state index in [-0.39, 0.29) is 0 Å². The Labute approximate surface area is 68.7 Å². The Morgan fingerprint density at radius 1 is 1.18 bits per heavy atom. The molecule has 0 bridgehead atoms. The molecule has 1 aliphatic rings. The summed E-state index contributed by atoms with van der Waals surface area (Å²) in [6, 6.07) is 0. The van der Waals surface area contributed by atoms with Crippen molar-refractivity contribution in [1.82, 2.24) is 4.90 Å². The van der Waals surface area contributed by atoms with E-state index in [4.69, 9.17) is 11.5 Å². The van der Waals surface area contributed by atoms with Gasteiger partial charge in [0.2, 0.25) is 0 Å². The van der Waals surface area contributed by atoms with Crippen LogP contribution in [0.1, 0.15) is 6.92 Å². The van der Waals surface area contributed by atoms with Gasteiger partial charge in [-0.05, 0) is 31.5 Å². The average molecular weight is 157 g/mol. The number of nitrogens with two attached hydrogens (primary N) is 2. The van der Waals surface area contributed by atoms with Crippen LogP contribution in [0.15, 0.2) is 0 Å². The van der Waals surface area contributed by atoms with Gasteiger partial charge in [0.1, 0.15) is 0 Å². The molecule has 0 spiro atoms. The van der Waals surface area contributed by atoms with E-state index in [1.807, 2.05) is 0 Å². The maximum absolute atomic E-state index is 5.63. The van der Waals surface area contributed by atoms with Gasteiger partial charge in [0.05, 0.1) is 0 Å². The van der Waals surface area contributed by atoms with Crippen LogP contribution in [-0.4, -0.2) is 37.6 Å². The molecule has 0 aliphatic carbocycles. The van der Waals surface area contributed by atoms with E-state index in [1.54, 1.807) is 0 Å². The molecule has 3 heteroatoms. The van der Waals surface area contributed by atoms with E-state index in [0.717, 1.165) is 32.7 Å². The van der Waals surface area contributed by atoms with Crippen LogP contribution < -0.4 is 11.5 Å². The SMILES string of the molecule is CCN1C[C@@H](CN)[C@H](CN)C1. The highest BCUT2D eigenvalue weighted by Crippen LogP contribution is 2.20. The van der Waals surface area contributed by atoms with Crippen LogP contribution in [0, 0.1) is 11.8 Å². The van der Waals surface area contributed by atoms with Crippen molar-refractivity contribution in [2.24, 2.45) is 23.3 Å². The molecule has 0 unspecified atom stereocenters. The second kappa shape index (κ2) is 4.04. The topological polar surface area (TPSA) is 55.3 Å². The summed E-state index contributed by atoms with van der Waals surface area (Å²) in [7, 11) is 0. The zero-order valence-corrected chi connectivity index (χ0v) is 7.29. The van der Waals surface area contributed by atoms with Crippen LogP contribution in [0.3, 0.4) is 0 Å². The minimum absolute atomic E-state index is 0.639. The summed E-state index contributed by atoms with van der Waals surface area (Å²) in [5.74, 6) is 1.28. The van der Waals surface area contributed by atoms with Crippen LogP contribution in [0.4, 0.5) is 0 Å². The van der Waals surface area contributed by atoms with Gasteiger partial charge < -0.3 is 16.4 Å². The minimum Gasteiger partial charge on any atom is -0.330 e. The summed E-state index contributed by atoms with van der Waals surface area (Å²) in [5, 5.41) is 0. The van der Waals surface area contributed by atoms with E-state index in [9.17, 15) is 0 Å². The fourth-order valence-corrected chi connectivity index (χ4v) is 1.83. The number of nitrogens with zero attached hydrogens (tertiary/aromatic N) is 1. The predicted molar refractivity (Wildman–Crippen MR) is 47.2 cm³/mol. The average Bonchev–Trinajstić information content (AvgIpc) is 2.46. The molecular formula is C8H19N3. The summed E-state index contributed by atoms with van der Waals surface area (Å²) in [5.41, 5.74) is 11.3. The molecule has 4 N–H and O–H groups in total. The highest BCUT2D eigenvalue weighted by molar-refractivity contribution is 4.84. The predicted octanol–water partition coefficient (Wildman–Crippen LogP) is -0.528. The van der Waals surface area contributed by atoms with Crippen molar-refractivity contribution in [2.45, 2.75) is 6.92 Å². The van der Waals surface area contributed by atoms with Crippen molar-refractivity contribution in [1.29, 1.82) is 0 Å². The van der Waals surface area contributed by atoms with Crippen LogP contribution in [0.25, 0.3) is 0 Å². The number of hydrogen-bond donors (Lipinski definition) is 2. The molecule has 1 rings (SSSR count). The van der Waals surface area contributed by atoms with Gasteiger partial charge >= 0.3 is 0 Å². The van der Waals surface area contributed by atoms with Crippen LogP contribution in [0.5, 0.6) is 0 Å². The first kappa shape index (κ1) is 8.97. The Hall–Kier alpha value is -0.120. The highest BCUT2D eigenvalue weighted by Gasteiger charge is 2.29. The third-order valence-corrected chi connectivity index (χ3v) is 2.70. The Kier molecular flexibility index (Phi) is 3.30. The molecule has 2 atom stereocenters. The molecule has 0 amide bonds. The van der Waals surface area contributed by atoms with Gasteiger partial charge in [0, 0.05) is 13.1 Å². The van der Waals surface area contributed by atoms with Crippen LogP contribution in [0.2, 0.25) is 0 Å². The van der Waals surface area contributed by atoms with Gasteiger partial charge in [-0.2, -0.15) is 0 Å². The molecule has 66 valence electrons. The zero-order valence-electron chi connectivity index (χ0n) is 7.29. The quantitative estimate of drug-likeness (QED) is 0.579. The van der Waals surface area contributed by atoms with Gasteiger partial charge in [-0.25, -0.2) is 0 Å². The van der Waals surface area contributed by atoms with E-state index in [1.165, 1.54) is 0 Å². The van der Waals surface area contributed by atoms with Crippen molar-refractivity contribution in [3.63, 3.8) is 0 Å². The fraction of sp³-hybridized carbons (Fsp3) is 1.00. The minimum atomic E-state index is 0.639. The second-order valence-corrected chi connectivity index (χ2v) is 3.34. The standard InChI is InChI=1S/C8H19N3/c1-2-11-5-7(3-9)8(4-10)6-11/h7-8H,2-6,9-10H2,1H3/t7-,8-/m1/s1. The largest absolute Gasteiger partial charge is 0.330 e. The monoisotopic (exact) mass is 157 g/mol. The fourth-order valence-electron chi connectivity index (χ4n) is 1.83. The molecule has 1 heterocycles. The smallest absolute Gasteiger partial charge is 0.00253 e. The number of likely N-dealkylation sites (tertiary alicyclic amines) is 1. The molecule has 1 saturated heterocycles. The van der Waals surface area contributed by atoms with Gasteiger partial charge in [-0.3, -0.25) is 0 Å². The van der Waals surface area contributed by atoms with Gasteiger partial charge in [0.15, 0.2) is 0 Å². The first-order valence-corrected chi connectivity index (χ1v) is 4.44. The van der Waals surface area contributed by atoms with Gasteiger partial charge in [-0.1, -0.05) is 6.92 Å². The van der Waals surface area contributed by atoms with Crippen molar-refractivity contribution in [3.8, 4) is 0 Å². The Balaban J connectivity index is 2.41. The van der Waals surface area contributed by atoms with Crippen molar-refractivity contribution >= 4 is 0 Å². The van der Waals surface area contributed by atoms with E-state index >= 15 is 0 Å². The summed E-state index contributed by atoms with van der Waals surface area (Å²) < 4.78 is 0. The lowest BCUT2D eigenvalue weighted by Gasteiger charge is -2.12. The maximum Gasteiger partial charge on any atom is 0.00253 e. The third kappa shape index (κ3) is 1.92. The molecule has 1 aliphatic heterocycles. The molecule has 0 saturated carbocycles. The Morgan fingerprint density at radius 2 is 1.64 bits per heavy atom. The molecule has 0 radical (unpaired) electrons. The normalized spacial score (nSPS) is 33.0. The van der Waals surface area contributed by atoms with E-state index in [0.29, 0.717) is 11.8 Å². The van der Waals surface area contributed by atoms with Crippen molar-refractivity contribution in [3.05, 3.63) is 0 Å². The van der Waals surface area contributed by atoms with Crippen LogP contribution in [-0.2, 0) is 0 Å². The maximum atomic E-state index is 5.63. The highest BCUT2D eigenvalue weighted by atomic mass is 15.2. The summed E-state index contributed by atoms with van der Waals surface area (Å²) in [6.07, 6.45) is 0. The Bertz CT molecular complexity index is 104. The second-order valence-electron chi connectivity index (χ2n) is 3.34. The molecular weight excluding hydrogens is 138 g/mol. The molecule has 0 aromatic rings. The lowest BCUT2D eigenvalue weighted by Crippen LogP contribution is -2.27. The molecule has 0 aromatic carbocycles. The van der Waals surface area contributed by atoms with Crippen molar-refractivity contribution in [2.75, 3.05) is 32.7 Å². The van der Waals surface area contributed by atoms with E-state index < -0.39 is 0 Å². The molecule has 1 fully saturated rings. The van der Waals surface area contributed by atoms with E-state index in [2.05, 4.69) is 11.8 Å². The third-order valence-electron chi connectivity index (χ3n) is 2.70. The lowest BCUT2D eigenvalue weighted by atomic mass is 9.97. The molecule has 3 nitrogen and oxygen atoms in total. The summed E-state index contributed by atoms with van der Waals surface area (Å²) in [6.45, 7) is 7.19. The number of rotatable bonds is 3. The Morgan fingerprint density at radius 3 is 1.91 bits per heavy atom. The summed E-state index contributed by atoms with van der Waals surface area (Å²) >= 11 is 0. The van der Waals surface area contributed by atoms with Gasteiger partial charge in [-0.15, -0.1) is 0 Å². The summed E-state index contributed by atoms with van der Waals surface area (Å²) in [4.78, 5) is 2.43. The van der Waals surface area contributed by atoms with Crippen molar-refractivity contribution < 1.29 is 0 Å². The number of hydrogen-bond acceptors (Lipinski definition) is 3. The van der Waals surface area contributed by atoms with Crippen LogP contribution >= 0.6 is 0 Å². The first-order chi connectivity index (χ1) is 5.31. The van der Waals surface area contributed by atoms with Gasteiger partial charge in [0.25, 0.3) is 0 Å².